The van der Waals surface area contributed by atoms with Crippen LogP contribution in [0.4, 0.5) is 5.82 Å². The van der Waals surface area contributed by atoms with E-state index < -0.39 is 31.1 Å². The number of anilines is 1. The number of H-pyrrole nitrogens is 1. The molecule has 0 spiro atoms. The van der Waals surface area contributed by atoms with E-state index in [1.807, 2.05) is 12.1 Å². The van der Waals surface area contributed by atoms with Crippen molar-refractivity contribution in [2.45, 2.75) is 37.0 Å². The van der Waals surface area contributed by atoms with Crippen LogP contribution in [0.3, 0.4) is 0 Å². The number of aromatic nitrogens is 7. The van der Waals surface area contributed by atoms with E-state index in [1.165, 1.54) is 6.33 Å². The molecule has 4 aromatic rings. The van der Waals surface area contributed by atoms with Crippen LogP contribution in [0.2, 0.25) is 0 Å². The van der Waals surface area contributed by atoms with Gasteiger partial charge in [-0.25, -0.2) is 15.0 Å². The Labute approximate surface area is 198 Å². The molecule has 4 aromatic heterocycles. The van der Waals surface area contributed by atoms with Gasteiger partial charge in [0.1, 0.15) is 24.0 Å². The maximum Gasteiger partial charge on any atom is 0.184 e. The quantitative estimate of drug-likeness (QED) is 0.253. The van der Waals surface area contributed by atoms with Gasteiger partial charge in [0, 0.05) is 30.8 Å². The van der Waals surface area contributed by atoms with Gasteiger partial charge in [-0.1, -0.05) is 0 Å². The van der Waals surface area contributed by atoms with E-state index >= 15 is 0 Å². The van der Waals surface area contributed by atoms with Crippen molar-refractivity contribution in [1.82, 2.24) is 34.7 Å². The van der Waals surface area contributed by atoms with Crippen molar-refractivity contribution in [3.05, 3.63) is 37.1 Å². The second-order valence-corrected chi connectivity index (χ2v) is 8.54. The van der Waals surface area contributed by atoms with Gasteiger partial charge in [-0.2, -0.15) is 5.10 Å². The Morgan fingerprint density at radius 1 is 1.17 bits per heavy atom. The minimum atomic E-state index is -1.28. The lowest BCUT2D eigenvalue weighted by Crippen LogP contribution is -2.33. The molecule has 35 heavy (non-hydrogen) atoms. The Balaban J connectivity index is 1.48. The number of aromatic amines is 1. The number of aliphatic hydroxyl groups excluding tert-OH is 3. The number of hydrogen-bond acceptors (Lipinski definition) is 11. The fraction of sp³-hybridized carbons (Fsp3) is 0.409. The maximum atomic E-state index is 10.6. The molecule has 2 fully saturated rings. The maximum absolute atomic E-state index is 10.6. The molecule has 0 bridgehead atoms. The van der Waals surface area contributed by atoms with Crippen LogP contribution in [0.1, 0.15) is 12.6 Å². The molecule has 0 radical (unpaired) electrons. The molecule has 0 saturated carbocycles. The topological polar surface area (TPSA) is 176 Å². The minimum Gasteiger partial charge on any atom is -0.394 e. The van der Waals surface area contributed by atoms with Crippen molar-refractivity contribution in [2.24, 2.45) is 0 Å². The van der Waals surface area contributed by atoms with Crippen LogP contribution in [0, 0.1) is 0 Å². The van der Waals surface area contributed by atoms with E-state index in [4.69, 9.17) is 19.4 Å². The summed E-state index contributed by atoms with van der Waals surface area (Å²) in [5.41, 5.74) is 3.07. The number of nitrogens with zero attached hydrogens (tertiary/aromatic N) is 6. The summed E-state index contributed by atoms with van der Waals surface area (Å²) in [5, 5.41) is 41.1. The van der Waals surface area contributed by atoms with Gasteiger partial charge in [0.15, 0.2) is 29.0 Å². The van der Waals surface area contributed by atoms with Gasteiger partial charge in [-0.05, 0) is 24.1 Å². The summed E-state index contributed by atoms with van der Waals surface area (Å²) >= 11 is 0. The van der Waals surface area contributed by atoms with Gasteiger partial charge >= 0.3 is 0 Å². The SMILES string of the molecule is OCC1OC(n2cnc3c(N[C@@H]4CCOC4)nc(-c4n[nH]cc4-c4ccncc4)nc32)[C@H](O)[C@@H]1O. The van der Waals surface area contributed by atoms with Gasteiger partial charge in [0.05, 0.1) is 25.6 Å². The summed E-state index contributed by atoms with van der Waals surface area (Å²) in [7, 11) is 0. The molecule has 6 heterocycles. The highest BCUT2D eigenvalue weighted by molar-refractivity contribution is 5.87. The summed E-state index contributed by atoms with van der Waals surface area (Å²) in [6, 6.07) is 3.79. The standard InChI is InChI=1S/C22H24N8O5/c31-8-14-17(32)18(33)22(35-14)30-10-24-16-20(26-12-3-6-34-9-12)27-19(28-21(16)30)15-13(7-25-29-15)11-1-4-23-5-2-11/h1-2,4-5,7,10,12,14,17-18,22,31-33H,3,6,8-9H2,(H,25,29)(H,26,27,28)/t12-,14?,17-,18-,22?/m1/s1. The minimum absolute atomic E-state index is 0.0545. The average molecular weight is 480 g/mol. The molecule has 2 unspecified atom stereocenters. The van der Waals surface area contributed by atoms with Crippen molar-refractivity contribution in [1.29, 1.82) is 0 Å². The molecule has 2 aliphatic rings. The lowest BCUT2D eigenvalue weighted by Gasteiger charge is -2.17. The third-order valence-electron chi connectivity index (χ3n) is 6.33. The molecule has 6 rings (SSSR count). The zero-order chi connectivity index (χ0) is 23.9. The Morgan fingerprint density at radius 3 is 2.77 bits per heavy atom. The number of pyridine rings is 1. The Bertz CT molecular complexity index is 1320. The van der Waals surface area contributed by atoms with Gasteiger partial charge in [-0.3, -0.25) is 14.6 Å². The molecule has 5 N–H and O–H groups in total. The molecule has 2 saturated heterocycles. The van der Waals surface area contributed by atoms with E-state index in [2.05, 4.69) is 25.5 Å². The third-order valence-corrected chi connectivity index (χ3v) is 6.33. The number of hydrogen-bond donors (Lipinski definition) is 5. The van der Waals surface area contributed by atoms with Crippen LogP contribution in [0.15, 0.2) is 37.1 Å². The highest BCUT2D eigenvalue weighted by Gasteiger charge is 2.44. The lowest BCUT2D eigenvalue weighted by atomic mass is 10.1. The summed E-state index contributed by atoms with van der Waals surface area (Å²) in [5.74, 6) is 0.829. The molecule has 0 amide bonds. The summed E-state index contributed by atoms with van der Waals surface area (Å²) in [6.07, 6.45) is 3.01. The fourth-order valence-electron chi connectivity index (χ4n) is 4.47. The normalized spacial score (nSPS) is 26.5. The van der Waals surface area contributed by atoms with E-state index in [0.29, 0.717) is 41.7 Å². The lowest BCUT2D eigenvalue weighted by molar-refractivity contribution is -0.0511. The first-order valence-corrected chi connectivity index (χ1v) is 11.3. The molecule has 13 heteroatoms. The van der Waals surface area contributed by atoms with E-state index in [-0.39, 0.29) is 6.04 Å². The van der Waals surface area contributed by atoms with Gasteiger partial charge < -0.3 is 30.1 Å². The first-order chi connectivity index (χ1) is 17.1. The van der Waals surface area contributed by atoms with Crippen molar-refractivity contribution in [2.75, 3.05) is 25.1 Å². The van der Waals surface area contributed by atoms with Crippen LogP contribution in [-0.4, -0.2) is 94.2 Å². The molecule has 2 aliphatic heterocycles. The Hall–Kier alpha value is -3.49. The van der Waals surface area contributed by atoms with Crippen LogP contribution in [0.5, 0.6) is 0 Å². The monoisotopic (exact) mass is 480 g/mol. The van der Waals surface area contributed by atoms with Crippen molar-refractivity contribution in [3.63, 3.8) is 0 Å². The number of rotatable bonds is 6. The molecule has 5 atom stereocenters. The first kappa shape index (κ1) is 22.0. The van der Waals surface area contributed by atoms with Crippen LogP contribution in [0.25, 0.3) is 33.8 Å². The molecule has 13 nitrogen and oxygen atoms in total. The van der Waals surface area contributed by atoms with Gasteiger partial charge in [0.2, 0.25) is 0 Å². The second kappa shape index (κ2) is 8.94. The number of fused-ring (bicyclic) bond motifs is 1. The number of ether oxygens (including phenoxy) is 2. The summed E-state index contributed by atoms with van der Waals surface area (Å²) in [4.78, 5) is 18.0. The highest BCUT2D eigenvalue weighted by Crippen LogP contribution is 2.35. The van der Waals surface area contributed by atoms with E-state index in [0.717, 1.165) is 17.5 Å². The van der Waals surface area contributed by atoms with E-state index in [9.17, 15) is 15.3 Å². The smallest absolute Gasteiger partial charge is 0.184 e. The van der Waals surface area contributed by atoms with Gasteiger partial charge in [0.25, 0.3) is 0 Å². The molecule has 0 aromatic carbocycles. The molecular weight excluding hydrogens is 456 g/mol. The predicted octanol–water partition coefficient (Wildman–Crippen LogP) is 0.0907. The van der Waals surface area contributed by atoms with Crippen LogP contribution in [-0.2, 0) is 9.47 Å². The Kier molecular flexibility index (Phi) is 5.62. The first-order valence-electron chi connectivity index (χ1n) is 11.3. The highest BCUT2D eigenvalue weighted by atomic mass is 16.6. The van der Waals surface area contributed by atoms with E-state index in [1.54, 1.807) is 23.2 Å². The number of nitrogens with one attached hydrogen (secondary N) is 2. The molecular formula is C22H24N8O5. The summed E-state index contributed by atoms with van der Waals surface area (Å²) in [6.45, 7) is 0.765. The van der Waals surface area contributed by atoms with Crippen molar-refractivity contribution >= 4 is 17.0 Å². The zero-order valence-electron chi connectivity index (χ0n) is 18.5. The predicted molar refractivity (Wildman–Crippen MR) is 122 cm³/mol. The average Bonchev–Trinajstić information content (AvgIpc) is 3.68. The molecule has 182 valence electrons. The number of imidazole rings is 1. The third kappa shape index (κ3) is 3.83. The molecule has 0 aliphatic carbocycles. The largest absolute Gasteiger partial charge is 0.394 e. The Morgan fingerprint density at radius 2 is 2.03 bits per heavy atom. The van der Waals surface area contributed by atoms with Gasteiger partial charge in [-0.15, -0.1) is 0 Å². The number of aliphatic hydroxyl groups is 3. The second-order valence-electron chi connectivity index (χ2n) is 8.54. The summed E-state index contributed by atoms with van der Waals surface area (Å²) < 4.78 is 12.8. The van der Waals surface area contributed by atoms with Crippen LogP contribution >= 0.6 is 0 Å². The van der Waals surface area contributed by atoms with Crippen molar-refractivity contribution < 1.29 is 24.8 Å². The van der Waals surface area contributed by atoms with Crippen molar-refractivity contribution in [3.8, 4) is 22.6 Å². The van der Waals surface area contributed by atoms with Crippen LogP contribution < -0.4 is 5.32 Å². The fourth-order valence-corrected chi connectivity index (χ4v) is 4.47. The zero-order valence-corrected chi connectivity index (χ0v) is 18.5.